The fraction of sp³-hybridized carbons (Fsp3) is 0.714. The molecule has 138 valence electrons. The minimum Gasteiger partial charge on any atom is -0.360 e. The van der Waals surface area contributed by atoms with Crippen molar-refractivity contribution < 1.29 is 17.7 Å². The van der Waals surface area contributed by atoms with Crippen LogP contribution in [0.25, 0.3) is 0 Å². The predicted molar refractivity (Wildman–Crippen MR) is 91.4 cm³/mol. The predicted octanol–water partition coefficient (Wildman–Crippen LogP) is 0.577. The van der Waals surface area contributed by atoms with Gasteiger partial charge in [0.05, 0.1) is 6.04 Å². The molecule has 24 heavy (non-hydrogen) atoms. The highest BCUT2D eigenvalue weighted by atomic mass is 35.5. The monoisotopic (exact) mass is 380 g/mol. The van der Waals surface area contributed by atoms with Gasteiger partial charge >= 0.3 is 0 Å². The van der Waals surface area contributed by atoms with Gasteiger partial charge in [-0.1, -0.05) is 12.1 Å². The van der Waals surface area contributed by atoms with Gasteiger partial charge in [0.15, 0.2) is 5.76 Å². The summed E-state index contributed by atoms with van der Waals surface area (Å²) in [6, 6.07) is -0.867. The molecule has 2 heterocycles. The van der Waals surface area contributed by atoms with Gasteiger partial charge in [-0.2, -0.15) is 4.72 Å². The van der Waals surface area contributed by atoms with Crippen LogP contribution in [-0.2, 0) is 14.8 Å². The molecule has 1 amide bonds. The van der Waals surface area contributed by atoms with Gasteiger partial charge in [0.1, 0.15) is 10.6 Å². The summed E-state index contributed by atoms with van der Waals surface area (Å²) in [6.45, 7) is 8.26. The van der Waals surface area contributed by atoms with E-state index >= 15 is 0 Å². The second-order valence-corrected chi connectivity index (χ2v) is 8.17. The molecule has 1 aliphatic rings. The summed E-state index contributed by atoms with van der Waals surface area (Å²) >= 11 is 0. The van der Waals surface area contributed by atoms with Gasteiger partial charge in [0.25, 0.3) is 0 Å². The molecule has 2 rings (SSSR count). The van der Waals surface area contributed by atoms with Crippen molar-refractivity contribution in [1.82, 2.24) is 14.8 Å². The average molecular weight is 381 g/mol. The van der Waals surface area contributed by atoms with Gasteiger partial charge in [-0.3, -0.25) is 4.79 Å². The minimum absolute atomic E-state index is 0. The largest absolute Gasteiger partial charge is 0.360 e. The van der Waals surface area contributed by atoms with E-state index in [1.165, 1.54) is 13.8 Å². The molecule has 0 radical (unpaired) electrons. The molecule has 1 fully saturated rings. The van der Waals surface area contributed by atoms with Crippen molar-refractivity contribution in [2.75, 3.05) is 19.6 Å². The fourth-order valence-corrected chi connectivity index (χ4v) is 4.38. The van der Waals surface area contributed by atoms with Crippen LogP contribution >= 0.6 is 12.4 Å². The van der Waals surface area contributed by atoms with Gasteiger partial charge < -0.3 is 15.2 Å². The molecule has 0 bridgehead atoms. The zero-order chi connectivity index (χ0) is 17.4. The van der Waals surface area contributed by atoms with Crippen molar-refractivity contribution in [1.29, 1.82) is 0 Å². The van der Waals surface area contributed by atoms with Crippen LogP contribution in [0.4, 0.5) is 0 Å². The quantitative estimate of drug-likeness (QED) is 0.771. The zero-order valence-corrected chi connectivity index (χ0v) is 16.0. The molecule has 1 aromatic heterocycles. The number of hydrogen-bond donors (Lipinski definition) is 2. The van der Waals surface area contributed by atoms with Crippen molar-refractivity contribution in [3.05, 3.63) is 11.5 Å². The third kappa shape index (κ3) is 4.08. The number of aromatic nitrogens is 1. The van der Waals surface area contributed by atoms with E-state index in [2.05, 4.69) is 9.88 Å². The molecule has 2 atom stereocenters. The van der Waals surface area contributed by atoms with Crippen LogP contribution < -0.4 is 10.5 Å². The molecule has 1 aromatic rings. The second-order valence-electron chi connectivity index (χ2n) is 6.52. The highest BCUT2D eigenvalue weighted by molar-refractivity contribution is 7.89. The van der Waals surface area contributed by atoms with Crippen molar-refractivity contribution in [2.45, 2.75) is 45.1 Å². The lowest BCUT2D eigenvalue weighted by Gasteiger charge is -2.25. The number of amides is 1. The third-order valence-corrected chi connectivity index (χ3v) is 6.09. The van der Waals surface area contributed by atoms with E-state index in [1.54, 1.807) is 11.8 Å². The van der Waals surface area contributed by atoms with Gasteiger partial charge in [-0.15, -0.1) is 12.4 Å². The smallest absolute Gasteiger partial charge is 0.246 e. The van der Waals surface area contributed by atoms with Crippen LogP contribution in [0.2, 0.25) is 0 Å². The second kappa shape index (κ2) is 7.38. The minimum atomic E-state index is -3.86. The van der Waals surface area contributed by atoms with Crippen molar-refractivity contribution >= 4 is 28.3 Å². The number of nitrogens with one attached hydrogen (secondary N) is 1. The van der Waals surface area contributed by atoms with E-state index in [-0.39, 0.29) is 40.1 Å². The van der Waals surface area contributed by atoms with E-state index in [1.807, 2.05) is 6.92 Å². The van der Waals surface area contributed by atoms with E-state index in [0.717, 1.165) is 6.42 Å². The standard InChI is InChI=1S/C14H24N4O4S.ClH/c1-9-12(11(3)22-16-9)23(20,21)17-10(2)13(19)18-6-5-14(4,7-15)8-18;/h10,17H,5-8,15H2,1-4H3;1H. The van der Waals surface area contributed by atoms with E-state index < -0.39 is 16.1 Å². The van der Waals surface area contributed by atoms with Crippen LogP contribution in [0.3, 0.4) is 0 Å². The Hall–Kier alpha value is -1.16. The number of likely N-dealkylation sites (tertiary alicyclic amines) is 1. The number of aryl methyl sites for hydroxylation is 2. The van der Waals surface area contributed by atoms with Gasteiger partial charge in [-0.25, -0.2) is 8.42 Å². The molecule has 1 aliphatic heterocycles. The van der Waals surface area contributed by atoms with E-state index in [4.69, 9.17) is 10.3 Å². The number of carbonyl (C=O) groups excluding carboxylic acids is 1. The van der Waals surface area contributed by atoms with Crippen molar-refractivity contribution in [2.24, 2.45) is 11.1 Å². The summed E-state index contributed by atoms with van der Waals surface area (Å²) in [4.78, 5) is 14.1. The molecule has 0 aromatic carbocycles. The number of sulfonamides is 1. The summed E-state index contributed by atoms with van der Waals surface area (Å²) in [5.41, 5.74) is 5.91. The first-order valence-corrected chi connectivity index (χ1v) is 9.02. The van der Waals surface area contributed by atoms with Crippen LogP contribution in [0.5, 0.6) is 0 Å². The number of nitrogens with two attached hydrogens (primary N) is 1. The molecular formula is C14H25ClN4O4S. The van der Waals surface area contributed by atoms with Gasteiger partial charge in [0.2, 0.25) is 15.9 Å². The summed E-state index contributed by atoms with van der Waals surface area (Å²) in [6.07, 6.45) is 0.818. The summed E-state index contributed by atoms with van der Waals surface area (Å²) in [5, 5.41) is 3.64. The Balaban J connectivity index is 0.00000288. The van der Waals surface area contributed by atoms with Crippen LogP contribution in [-0.4, -0.2) is 50.1 Å². The zero-order valence-electron chi connectivity index (χ0n) is 14.3. The highest BCUT2D eigenvalue weighted by Gasteiger charge is 2.37. The first-order chi connectivity index (χ1) is 10.6. The first kappa shape index (κ1) is 20.9. The lowest BCUT2D eigenvalue weighted by Crippen LogP contribution is -2.47. The third-order valence-electron chi connectivity index (χ3n) is 4.30. The average Bonchev–Trinajstić information content (AvgIpc) is 3.02. The lowest BCUT2D eigenvalue weighted by atomic mass is 9.90. The molecule has 3 N–H and O–H groups in total. The SMILES string of the molecule is Cc1noc(C)c1S(=O)(=O)NC(C)C(=O)N1CCC(C)(CN)C1.Cl. The maximum Gasteiger partial charge on any atom is 0.246 e. The number of carbonyl (C=O) groups is 1. The number of nitrogens with zero attached hydrogens (tertiary/aromatic N) is 2. The van der Waals surface area contributed by atoms with Gasteiger partial charge in [-0.05, 0) is 39.2 Å². The van der Waals surface area contributed by atoms with Crippen LogP contribution in [0, 0.1) is 19.3 Å². The Labute approximate surface area is 148 Å². The lowest BCUT2D eigenvalue weighted by molar-refractivity contribution is -0.131. The molecule has 2 unspecified atom stereocenters. The number of hydrogen-bond acceptors (Lipinski definition) is 6. The molecule has 0 spiro atoms. The molecule has 0 saturated carbocycles. The summed E-state index contributed by atoms with van der Waals surface area (Å²) in [5.74, 6) is -0.0518. The van der Waals surface area contributed by atoms with E-state index in [9.17, 15) is 13.2 Å². The molecule has 10 heteroatoms. The Bertz CT molecular complexity index is 686. The van der Waals surface area contributed by atoms with Gasteiger partial charge in [0, 0.05) is 13.1 Å². The normalized spacial score (nSPS) is 22.3. The summed E-state index contributed by atoms with van der Waals surface area (Å²) in [7, 11) is -3.86. The molecule has 0 aliphatic carbocycles. The number of rotatable bonds is 5. The fourth-order valence-electron chi connectivity index (χ4n) is 2.85. The van der Waals surface area contributed by atoms with Crippen LogP contribution in [0.15, 0.2) is 9.42 Å². The number of halogens is 1. The van der Waals surface area contributed by atoms with Crippen molar-refractivity contribution in [3.8, 4) is 0 Å². The highest BCUT2D eigenvalue weighted by Crippen LogP contribution is 2.29. The Morgan fingerprint density at radius 2 is 2.12 bits per heavy atom. The van der Waals surface area contributed by atoms with E-state index in [0.29, 0.717) is 19.6 Å². The van der Waals surface area contributed by atoms with Crippen molar-refractivity contribution in [3.63, 3.8) is 0 Å². The topological polar surface area (TPSA) is 119 Å². The molecular weight excluding hydrogens is 356 g/mol. The van der Waals surface area contributed by atoms with Crippen LogP contribution in [0.1, 0.15) is 31.7 Å². The maximum atomic E-state index is 12.5. The summed E-state index contributed by atoms with van der Waals surface area (Å²) < 4.78 is 32.2. The Morgan fingerprint density at radius 1 is 1.50 bits per heavy atom. The molecule has 1 saturated heterocycles. The Morgan fingerprint density at radius 3 is 2.58 bits per heavy atom. The first-order valence-electron chi connectivity index (χ1n) is 7.54. The maximum absolute atomic E-state index is 12.5. The molecule has 8 nitrogen and oxygen atoms in total. The Kier molecular flexibility index (Phi) is 6.43.